The topological polar surface area (TPSA) is 91.5 Å². The second-order valence-corrected chi connectivity index (χ2v) is 8.29. The van der Waals surface area contributed by atoms with E-state index in [1.165, 1.54) is 12.1 Å². The van der Waals surface area contributed by atoms with Gasteiger partial charge in [-0.25, -0.2) is 4.98 Å². The van der Waals surface area contributed by atoms with Gasteiger partial charge in [-0.2, -0.15) is 23.1 Å². The van der Waals surface area contributed by atoms with E-state index in [-0.39, 0.29) is 16.8 Å². The number of rotatable bonds is 8. The molecule has 0 aliphatic rings. The molecule has 3 rings (SSSR count). The second kappa shape index (κ2) is 11.6. The van der Waals surface area contributed by atoms with Crippen molar-refractivity contribution in [2.45, 2.75) is 26.6 Å². The van der Waals surface area contributed by atoms with Crippen molar-refractivity contribution in [1.29, 1.82) is 0 Å². The lowest BCUT2D eigenvalue weighted by atomic mass is 10.2. The summed E-state index contributed by atoms with van der Waals surface area (Å²) in [6.07, 6.45) is -4.71. The van der Waals surface area contributed by atoms with Gasteiger partial charge in [0.1, 0.15) is 5.82 Å². The Morgan fingerprint density at radius 2 is 1.74 bits per heavy atom. The molecule has 0 aliphatic heterocycles. The van der Waals surface area contributed by atoms with Crippen LogP contribution < -0.4 is 16.4 Å². The SMILES string of the molecule is CCN(CC)Cc1cccc(Nc2cc(C(F)(F)F)nc(N=C(N)Nc3ccc(Cl)c(Cl)c3)n2)c1. The number of hydrogen-bond acceptors (Lipinski definition) is 5. The number of nitrogens with zero attached hydrogens (tertiary/aromatic N) is 4. The van der Waals surface area contributed by atoms with E-state index in [4.69, 9.17) is 28.9 Å². The van der Waals surface area contributed by atoms with Gasteiger partial charge in [-0.15, -0.1) is 0 Å². The maximum absolute atomic E-state index is 13.5. The highest BCUT2D eigenvalue weighted by Gasteiger charge is 2.34. The minimum absolute atomic E-state index is 0.0756. The summed E-state index contributed by atoms with van der Waals surface area (Å²) in [5, 5.41) is 6.24. The Morgan fingerprint density at radius 1 is 1.00 bits per heavy atom. The van der Waals surface area contributed by atoms with Gasteiger partial charge in [-0.05, 0) is 49.0 Å². The summed E-state index contributed by atoms with van der Waals surface area (Å²) in [6, 6.07) is 12.8. The molecule has 0 spiro atoms. The smallest absolute Gasteiger partial charge is 0.369 e. The molecule has 0 radical (unpaired) electrons. The van der Waals surface area contributed by atoms with Crippen LogP contribution in [0.1, 0.15) is 25.1 Å². The van der Waals surface area contributed by atoms with E-state index in [0.29, 0.717) is 22.9 Å². The van der Waals surface area contributed by atoms with E-state index < -0.39 is 17.8 Å². The van der Waals surface area contributed by atoms with Crippen LogP contribution in [0.25, 0.3) is 0 Å². The summed E-state index contributed by atoms with van der Waals surface area (Å²) in [6.45, 7) is 6.61. The number of anilines is 3. The molecule has 0 aliphatic carbocycles. The zero-order valence-electron chi connectivity index (χ0n) is 19.0. The standard InChI is InChI=1S/C23H24Cl2F3N7/c1-3-35(4-2)13-14-6-5-7-15(10-14)30-20-12-19(23(26,27)28)32-22(33-20)34-21(29)31-16-8-9-17(24)18(25)11-16/h5-12H,3-4,13H2,1-2H3,(H4,29,30,31,32,33,34). The largest absolute Gasteiger partial charge is 0.433 e. The van der Waals surface area contributed by atoms with Crippen LogP contribution in [-0.4, -0.2) is 33.9 Å². The monoisotopic (exact) mass is 525 g/mol. The Labute approximate surface area is 211 Å². The first-order valence-corrected chi connectivity index (χ1v) is 11.4. The summed E-state index contributed by atoms with van der Waals surface area (Å²) < 4.78 is 40.5. The third-order valence-corrected chi connectivity index (χ3v) is 5.66. The lowest BCUT2D eigenvalue weighted by Gasteiger charge is -2.18. The van der Waals surface area contributed by atoms with Crippen molar-refractivity contribution < 1.29 is 13.2 Å². The summed E-state index contributed by atoms with van der Waals surface area (Å²) in [5.74, 6) is -0.769. The molecule has 4 N–H and O–H groups in total. The predicted molar refractivity (Wildman–Crippen MR) is 135 cm³/mol. The predicted octanol–water partition coefficient (Wildman–Crippen LogP) is 6.45. The molecular weight excluding hydrogens is 502 g/mol. The first-order valence-electron chi connectivity index (χ1n) is 10.7. The highest BCUT2D eigenvalue weighted by molar-refractivity contribution is 6.42. The third kappa shape index (κ3) is 7.71. The highest BCUT2D eigenvalue weighted by Crippen LogP contribution is 2.31. The Hall–Kier alpha value is -3.08. The Morgan fingerprint density at radius 3 is 2.40 bits per heavy atom. The minimum atomic E-state index is -4.71. The highest BCUT2D eigenvalue weighted by atomic mass is 35.5. The van der Waals surface area contributed by atoms with Gasteiger partial charge in [0.05, 0.1) is 10.0 Å². The van der Waals surface area contributed by atoms with E-state index in [2.05, 4.69) is 44.3 Å². The maximum atomic E-state index is 13.5. The van der Waals surface area contributed by atoms with Crippen LogP contribution in [0, 0.1) is 0 Å². The van der Waals surface area contributed by atoms with Crippen molar-refractivity contribution in [2.75, 3.05) is 23.7 Å². The molecule has 12 heteroatoms. The zero-order valence-corrected chi connectivity index (χ0v) is 20.5. The van der Waals surface area contributed by atoms with Crippen LogP contribution in [0.4, 0.5) is 36.3 Å². The molecule has 1 heterocycles. The van der Waals surface area contributed by atoms with Gasteiger partial charge in [-0.3, -0.25) is 4.90 Å². The molecule has 0 atom stereocenters. The lowest BCUT2D eigenvalue weighted by molar-refractivity contribution is -0.141. The fourth-order valence-corrected chi connectivity index (χ4v) is 3.45. The average molecular weight is 526 g/mol. The van der Waals surface area contributed by atoms with E-state index in [9.17, 15) is 13.2 Å². The molecule has 0 unspecified atom stereocenters. The van der Waals surface area contributed by atoms with E-state index in [1.54, 1.807) is 12.1 Å². The molecule has 35 heavy (non-hydrogen) atoms. The first-order chi connectivity index (χ1) is 16.6. The van der Waals surface area contributed by atoms with Crippen LogP contribution in [-0.2, 0) is 12.7 Å². The third-order valence-electron chi connectivity index (χ3n) is 4.92. The zero-order chi connectivity index (χ0) is 25.6. The lowest BCUT2D eigenvalue weighted by Crippen LogP contribution is -2.22. The summed E-state index contributed by atoms with van der Waals surface area (Å²) in [7, 11) is 0. The van der Waals surface area contributed by atoms with Crippen molar-refractivity contribution in [1.82, 2.24) is 14.9 Å². The average Bonchev–Trinajstić information content (AvgIpc) is 2.79. The Balaban J connectivity index is 1.88. The molecule has 2 aromatic carbocycles. The molecule has 0 fully saturated rings. The van der Waals surface area contributed by atoms with Gasteiger partial charge in [0.2, 0.25) is 5.96 Å². The normalized spacial score (nSPS) is 12.2. The van der Waals surface area contributed by atoms with Crippen molar-refractivity contribution in [3.8, 4) is 0 Å². The molecule has 0 saturated carbocycles. The molecule has 7 nitrogen and oxygen atoms in total. The summed E-state index contributed by atoms with van der Waals surface area (Å²) in [5.41, 5.74) is 6.73. The molecule has 3 aromatic rings. The van der Waals surface area contributed by atoms with Gasteiger partial charge < -0.3 is 16.4 Å². The second-order valence-electron chi connectivity index (χ2n) is 7.47. The minimum Gasteiger partial charge on any atom is -0.369 e. The molecule has 1 aromatic heterocycles. The van der Waals surface area contributed by atoms with Gasteiger partial charge in [0.15, 0.2) is 5.69 Å². The van der Waals surface area contributed by atoms with Crippen LogP contribution in [0.15, 0.2) is 53.5 Å². The van der Waals surface area contributed by atoms with Crippen LogP contribution in [0.3, 0.4) is 0 Å². The summed E-state index contributed by atoms with van der Waals surface area (Å²) >= 11 is 11.9. The number of nitrogens with one attached hydrogen (secondary N) is 2. The van der Waals surface area contributed by atoms with E-state index in [1.807, 2.05) is 18.2 Å². The molecule has 186 valence electrons. The Kier molecular flexibility index (Phi) is 8.76. The van der Waals surface area contributed by atoms with Crippen LogP contribution in [0.2, 0.25) is 10.0 Å². The fourth-order valence-electron chi connectivity index (χ4n) is 3.15. The van der Waals surface area contributed by atoms with Crippen molar-refractivity contribution >= 4 is 52.3 Å². The van der Waals surface area contributed by atoms with Crippen molar-refractivity contribution in [3.05, 3.63) is 69.8 Å². The molecule has 0 saturated heterocycles. The number of aromatic nitrogens is 2. The van der Waals surface area contributed by atoms with E-state index in [0.717, 1.165) is 24.7 Å². The van der Waals surface area contributed by atoms with Gasteiger partial charge in [0.25, 0.3) is 5.95 Å². The van der Waals surface area contributed by atoms with Crippen LogP contribution in [0.5, 0.6) is 0 Å². The van der Waals surface area contributed by atoms with Crippen molar-refractivity contribution in [2.24, 2.45) is 10.7 Å². The number of nitrogens with two attached hydrogens (primary N) is 1. The molecule has 0 bridgehead atoms. The quantitative estimate of drug-likeness (QED) is 0.231. The first kappa shape index (κ1) is 26.5. The fraction of sp³-hybridized carbons (Fsp3) is 0.261. The van der Waals surface area contributed by atoms with Gasteiger partial charge in [-0.1, -0.05) is 49.2 Å². The van der Waals surface area contributed by atoms with Crippen molar-refractivity contribution in [3.63, 3.8) is 0 Å². The number of hydrogen-bond donors (Lipinski definition) is 3. The summed E-state index contributed by atoms with van der Waals surface area (Å²) in [4.78, 5) is 13.7. The molecular formula is C23H24Cl2F3N7. The number of benzene rings is 2. The number of alkyl halides is 3. The van der Waals surface area contributed by atoms with Gasteiger partial charge >= 0.3 is 6.18 Å². The molecule has 0 amide bonds. The number of aliphatic imine (C=N–C) groups is 1. The Bertz CT molecular complexity index is 1200. The maximum Gasteiger partial charge on any atom is 0.433 e. The van der Waals surface area contributed by atoms with Crippen LogP contribution >= 0.6 is 23.2 Å². The number of halogens is 5. The van der Waals surface area contributed by atoms with Gasteiger partial charge in [0, 0.05) is 24.0 Å². The van der Waals surface area contributed by atoms with E-state index >= 15 is 0 Å². The number of guanidine groups is 1.